The summed E-state index contributed by atoms with van der Waals surface area (Å²) in [6.07, 6.45) is -2.70. The Morgan fingerprint density at radius 1 is 1.14 bits per heavy atom. The highest BCUT2D eigenvalue weighted by atomic mass is 32.1. The highest BCUT2D eigenvalue weighted by molar-refractivity contribution is 7.19. The first-order valence-electron chi connectivity index (χ1n) is 9.21. The van der Waals surface area contributed by atoms with Gasteiger partial charge in [0.25, 0.3) is 0 Å². The third kappa shape index (κ3) is 3.47. The van der Waals surface area contributed by atoms with Crippen molar-refractivity contribution in [2.75, 3.05) is 19.0 Å². The molecule has 0 fully saturated rings. The van der Waals surface area contributed by atoms with Crippen molar-refractivity contribution < 1.29 is 13.2 Å². The molecule has 0 atom stereocenters. The van der Waals surface area contributed by atoms with Gasteiger partial charge in [-0.05, 0) is 38.7 Å². The van der Waals surface area contributed by atoms with Crippen LogP contribution in [-0.2, 0) is 6.18 Å². The second-order valence-corrected chi connectivity index (χ2v) is 8.08. The van der Waals surface area contributed by atoms with Crippen molar-refractivity contribution in [3.63, 3.8) is 0 Å². The Labute approximate surface area is 166 Å². The molecular weight excluding hydrogens is 387 g/mol. The summed E-state index contributed by atoms with van der Waals surface area (Å²) in [4.78, 5) is 10.1. The minimum absolute atomic E-state index is 0.0507. The van der Waals surface area contributed by atoms with Gasteiger partial charge < -0.3 is 4.90 Å². The number of anilines is 1. The average molecular weight is 411 g/mol. The van der Waals surface area contributed by atoms with E-state index >= 15 is 0 Å². The number of hydrogen-bond donors (Lipinski definition) is 0. The maximum absolute atomic E-state index is 13.7. The lowest BCUT2D eigenvalue weighted by Crippen LogP contribution is -2.11. The topological polar surface area (TPSA) is 46.3 Å². The Bertz CT molecular complexity index is 999. The average Bonchev–Trinajstić information content (AvgIpc) is 3.16. The number of hydrogen-bond acceptors (Lipinski definition) is 5. The molecule has 0 unspecified atom stereocenters. The lowest BCUT2D eigenvalue weighted by atomic mass is 9.95. The van der Waals surface area contributed by atoms with Crippen molar-refractivity contribution in [3.05, 3.63) is 28.7 Å². The molecule has 0 radical (unpaired) electrons. The Morgan fingerprint density at radius 2 is 1.79 bits per heavy atom. The van der Waals surface area contributed by atoms with E-state index in [1.54, 1.807) is 30.4 Å². The molecule has 5 nitrogen and oxygen atoms in total. The zero-order valence-electron chi connectivity index (χ0n) is 16.8. The maximum Gasteiger partial charge on any atom is 0.434 e. The van der Waals surface area contributed by atoms with Crippen LogP contribution in [0.4, 0.5) is 18.3 Å². The molecule has 0 N–H and O–H groups in total. The van der Waals surface area contributed by atoms with Crippen molar-refractivity contribution in [2.24, 2.45) is 0 Å². The molecule has 0 aliphatic rings. The summed E-state index contributed by atoms with van der Waals surface area (Å²) in [5, 5.41) is 4.81. The van der Waals surface area contributed by atoms with Crippen LogP contribution < -0.4 is 4.90 Å². The number of imidazole rings is 1. The van der Waals surface area contributed by atoms with Crippen molar-refractivity contribution in [1.82, 2.24) is 19.6 Å². The van der Waals surface area contributed by atoms with Gasteiger partial charge in [0.1, 0.15) is 5.69 Å². The lowest BCUT2D eigenvalue weighted by molar-refractivity contribution is -0.140. The van der Waals surface area contributed by atoms with Crippen molar-refractivity contribution in [2.45, 2.75) is 52.6 Å². The van der Waals surface area contributed by atoms with Crippen LogP contribution in [0.15, 0.2) is 6.07 Å². The molecule has 0 bridgehead atoms. The summed E-state index contributed by atoms with van der Waals surface area (Å²) < 4.78 is 42.7. The van der Waals surface area contributed by atoms with Crippen LogP contribution in [0.2, 0.25) is 0 Å². The van der Waals surface area contributed by atoms with Gasteiger partial charge in [0, 0.05) is 19.7 Å². The summed E-state index contributed by atoms with van der Waals surface area (Å²) in [5.41, 5.74) is 2.39. The smallest absolute Gasteiger partial charge is 0.354 e. The Morgan fingerprint density at radius 3 is 2.32 bits per heavy atom. The normalized spacial score (nSPS) is 12.4. The number of aromatic nitrogens is 4. The second-order valence-electron chi connectivity index (χ2n) is 7.10. The number of halogens is 3. The minimum Gasteiger partial charge on any atom is -0.354 e. The molecule has 3 rings (SSSR count). The molecule has 3 aromatic rings. The summed E-state index contributed by atoms with van der Waals surface area (Å²) >= 11 is 1.01. The first-order valence-corrected chi connectivity index (χ1v) is 10.0. The van der Waals surface area contributed by atoms with E-state index in [1.165, 1.54) is 0 Å². The summed E-state index contributed by atoms with van der Waals surface area (Å²) in [6.45, 7) is 7.79. The van der Waals surface area contributed by atoms with E-state index in [1.807, 2.05) is 13.0 Å². The number of fused-ring (bicyclic) bond motifs is 1. The fourth-order valence-corrected chi connectivity index (χ4v) is 4.51. The van der Waals surface area contributed by atoms with E-state index in [-0.39, 0.29) is 10.8 Å². The Kier molecular flexibility index (Phi) is 5.40. The molecule has 3 aromatic heterocycles. The third-order valence-electron chi connectivity index (χ3n) is 4.82. The van der Waals surface area contributed by atoms with Crippen molar-refractivity contribution >= 4 is 22.1 Å². The molecule has 0 aliphatic carbocycles. The molecule has 0 amide bonds. The van der Waals surface area contributed by atoms with E-state index < -0.39 is 11.9 Å². The number of aryl methyl sites for hydroxylation is 2. The van der Waals surface area contributed by atoms with Gasteiger partial charge in [-0.2, -0.15) is 18.3 Å². The highest BCUT2D eigenvalue weighted by Gasteiger charge is 2.40. The molecule has 0 saturated carbocycles. The summed E-state index contributed by atoms with van der Waals surface area (Å²) in [5.74, 6) is 0.278. The second kappa shape index (κ2) is 7.35. The van der Waals surface area contributed by atoms with Crippen LogP contribution in [-0.4, -0.2) is 33.7 Å². The first-order chi connectivity index (χ1) is 13.1. The van der Waals surface area contributed by atoms with Crippen molar-refractivity contribution in [3.8, 4) is 10.6 Å². The van der Waals surface area contributed by atoms with Crippen LogP contribution in [0.5, 0.6) is 0 Å². The van der Waals surface area contributed by atoms with Crippen molar-refractivity contribution in [1.29, 1.82) is 0 Å². The zero-order chi connectivity index (χ0) is 20.8. The SMILES string of the molecule is CCC(CC)c1cc(C)nn2c(-c3sc(N(C)C)nc3C(F)(F)F)c(C)nc12. The van der Waals surface area contributed by atoms with Crippen LogP contribution in [0.25, 0.3) is 16.2 Å². The van der Waals surface area contributed by atoms with E-state index in [9.17, 15) is 13.2 Å². The van der Waals surface area contributed by atoms with Crippen LogP contribution in [0, 0.1) is 13.8 Å². The molecule has 28 heavy (non-hydrogen) atoms. The molecule has 9 heteroatoms. The van der Waals surface area contributed by atoms with Crippen LogP contribution in [0.1, 0.15) is 55.3 Å². The van der Waals surface area contributed by atoms with Gasteiger partial charge in [0.2, 0.25) is 0 Å². The van der Waals surface area contributed by atoms with E-state index in [4.69, 9.17) is 0 Å². The molecule has 0 spiro atoms. The largest absolute Gasteiger partial charge is 0.434 e. The monoisotopic (exact) mass is 411 g/mol. The quantitative estimate of drug-likeness (QED) is 0.559. The zero-order valence-corrected chi connectivity index (χ0v) is 17.7. The standard InChI is InChI=1S/C19H24F3N5S/c1-7-12(8-2)13-9-10(3)25-27-14(11(4)23-17(13)27)15-16(19(20,21)22)24-18(28-15)26(5)6/h9,12H,7-8H2,1-6H3. The third-order valence-corrected chi connectivity index (χ3v) is 6.05. The van der Waals surface area contributed by atoms with E-state index in [0.29, 0.717) is 22.2 Å². The van der Waals surface area contributed by atoms with E-state index in [0.717, 1.165) is 35.4 Å². The fraction of sp³-hybridized carbons (Fsp3) is 0.526. The molecular formula is C19H24F3N5S. The van der Waals surface area contributed by atoms with Gasteiger partial charge in [0.05, 0.1) is 16.3 Å². The number of thiazole rings is 1. The molecule has 0 aliphatic heterocycles. The van der Waals surface area contributed by atoms with Gasteiger partial charge in [-0.1, -0.05) is 25.2 Å². The molecule has 152 valence electrons. The molecule has 3 heterocycles. The van der Waals surface area contributed by atoms with Crippen LogP contribution in [0.3, 0.4) is 0 Å². The Hall–Kier alpha value is -2.16. The van der Waals surface area contributed by atoms with E-state index in [2.05, 4.69) is 28.9 Å². The van der Waals surface area contributed by atoms with Gasteiger partial charge >= 0.3 is 6.18 Å². The van der Waals surface area contributed by atoms with Gasteiger partial charge in [-0.15, -0.1) is 0 Å². The summed E-state index contributed by atoms with van der Waals surface area (Å²) in [7, 11) is 3.36. The van der Waals surface area contributed by atoms with Gasteiger partial charge in [0.15, 0.2) is 16.5 Å². The fourth-order valence-electron chi connectivity index (χ4n) is 3.42. The molecule has 0 saturated heterocycles. The highest BCUT2D eigenvalue weighted by Crippen LogP contribution is 2.44. The Balaban J connectivity index is 2.35. The van der Waals surface area contributed by atoms with Gasteiger partial charge in [-0.25, -0.2) is 14.5 Å². The predicted octanol–water partition coefficient (Wildman–Crippen LogP) is 5.46. The first kappa shape index (κ1) is 20.6. The number of nitrogens with zero attached hydrogens (tertiary/aromatic N) is 5. The van der Waals surface area contributed by atoms with Gasteiger partial charge in [-0.3, -0.25) is 0 Å². The predicted molar refractivity (Wildman–Crippen MR) is 106 cm³/mol. The molecule has 0 aromatic carbocycles. The lowest BCUT2D eigenvalue weighted by Gasteiger charge is -2.14. The maximum atomic E-state index is 13.7. The summed E-state index contributed by atoms with van der Waals surface area (Å²) in [6, 6.07) is 1.99. The minimum atomic E-state index is -4.56. The number of alkyl halides is 3. The number of rotatable bonds is 5. The van der Waals surface area contributed by atoms with Crippen LogP contribution >= 0.6 is 11.3 Å².